The minimum Gasteiger partial charge on any atom is -0.508 e. The Balaban J connectivity index is 1.40. The smallest absolute Gasteiger partial charge is 0.225 e. The molecule has 0 unspecified atom stereocenters. The third-order valence-electron chi connectivity index (χ3n) is 4.74. The summed E-state index contributed by atoms with van der Waals surface area (Å²) in [4.78, 5) is 14.4. The van der Waals surface area contributed by atoms with Crippen molar-refractivity contribution in [3.63, 3.8) is 0 Å². The summed E-state index contributed by atoms with van der Waals surface area (Å²) in [7, 11) is 0. The van der Waals surface area contributed by atoms with Crippen LogP contribution in [0.5, 0.6) is 5.75 Å². The highest BCUT2D eigenvalue weighted by atomic mass is 79.9. The van der Waals surface area contributed by atoms with Crippen LogP contribution in [0.15, 0.2) is 53.0 Å². The van der Waals surface area contributed by atoms with Crippen molar-refractivity contribution in [2.45, 2.75) is 25.2 Å². The van der Waals surface area contributed by atoms with E-state index in [0.717, 1.165) is 42.6 Å². The quantitative estimate of drug-likeness (QED) is 0.780. The van der Waals surface area contributed by atoms with Crippen LogP contribution in [-0.2, 0) is 4.79 Å². The van der Waals surface area contributed by atoms with Crippen LogP contribution in [0.2, 0.25) is 0 Å². The Bertz CT molecular complexity index is 693. The Labute approximate surface area is 157 Å². The van der Waals surface area contributed by atoms with Crippen molar-refractivity contribution in [3.8, 4) is 5.75 Å². The summed E-state index contributed by atoms with van der Waals surface area (Å²) in [6, 6.07) is 15.2. The van der Waals surface area contributed by atoms with Gasteiger partial charge in [-0.3, -0.25) is 4.79 Å². The average Bonchev–Trinajstić information content (AvgIpc) is 2.63. The van der Waals surface area contributed by atoms with Crippen LogP contribution < -0.4 is 5.32 Å². The van der Waals surface area contributed by atoms with Crippen LogP contribution in [0.1, 0.15) is 30.7 Å². The molecule has 3 rings (SSSR count). The number of hydrogen-bond acceptors (Lipinski definition) is 3. The van der Waals surface area contributed by atoms with Crippen LogP contribution in [0.25, 0.3) is 0 Å². The van der Waals surface area contributed by atoms with Crippen molar-refractivity contribution in [3.05, 3.63) is 58.6 Å². The lowest BCUT2D eigenvalue weighted by molar-refractivity contribution is -0.116. The number of halogens is 1. The molecule has 5 heteroatoms. The number of phenolic OH excluding ortho intramolecular Hbond substituents is 1. The largest absolute Gasteiger partial charge is 0.508 e. The van der Waals surface area contributed by atoms with Crippen molar-refractivity contribution in [1.29, 1.82) is 0 Å². The maximum absolute atomic E-state index is 12.1. The van der Waals surface area contributed by atoms with Crippen molar-refractivity contribution in [1.82, 2.24) is 4.90 Å². The molecule has 2 N–H and O–H groups in total. The van der Waals surface area contributed by atoms with Crippen LogP contribution in [-0.4, -0.2) is 35.5 Å². The van der Waals surface area contributed by atoms with Crippen molar-refractivity contribution < 1.29 is 9.90 Å². The van der Waals surface area contributed by atoms with E-state index >= 15 is 0 Å². The van der Waals surface area contributed by atoms with Crippen LogP contribution in [0.3, 0.4) is 0 Å². The van der Waals surface area contributed by atoms with Gasteiger partial charge in [0.05, 0.1) is 0 Å². The Morgan fingerprint density at radius 2 is 1.72 bits per heavy atom. The molecule has 0 bridgehead atoms. The second kappa shape index (κ2) is 8.50. The van der Waals surface area contributed by atoms with Gasteiger partial charge in [0.15, 0.2) is 0 Å². The maximum Gasteiger partial charge on any atom is 0.225 e. The number of amides is 1. The summed E-state index contributed by atoms with van der Waals surface area (Å²) in [6.45, 7) is 2.82. The van der Waals surface area contributed by atoms with E-state index in [9.17, 15) is 9.90 Å². The highest BCUT2D eigenvalue weighted by molar-refractivity contribution is 9.10. The number of rotatable bonds is 5. The molecule has 1 fully saturated rings. The molecule has 0 radical (unpaired) electrons. The molecule has 1 saturated heterocycles. The molecule has 4 nitrogen and oxygen atoms in total. The Morgan fingerprint density at radius 3 is 2.36 bits per heavy atom. The van der Waals surface area contributed by atoms with Gasteiger partial charge in [-0.1, -0.05) is 28.1 Å². The van der Waals surface area contributed by atoms with Crippen molar-refractivity contribution in [2.24, 2.45) is 0 Å². The molecule has 0 spiro atoms. The van der Waals surface area contributed by atoms with Gasteiger partial charge in [-0.2, -0.15) is 0 Å². The molecule has 2 aromatic rings. The zero-order valence-electron chi connectivity index (χ0n) is 14.1. The molecular weight excluding hydrogens is 380 g/mol. The fourth-order valence-electron chi connectivity index (χ4n) is 3.25. The predicted octanol–water partition coefficient (Wildman–Crippen LogP) is 4.36. The summed E-state index contributed by atoms with van der Waals surface area (Å²) in [6.07, 6.45) is 2.71. The first-order chi connectivity index (χ1) is 12.1. The monoisotopic (exact) mass is 402 g/mol. The summed E-state index contributed by atoms with van der Waals surface area (Å²) < 4.78 is 1.00. The number of aromatic hydroxyl groups is 1. The number of carbonyl (C=O) groups excluding carboxylic acids is 1. The molecular formula is C20H23BrN2O2. The lowest BCUT2D eigenvalue weighted by Crippen LogP contribution is -2.35. The zero-order chi connectivity index (χ0) is 17.6. The van der Waals surface area contributed by atoms with E-state index in [0.29, 0.717) is 18.1 Å². The van der Waals surface area contributed by atoms with E-state index in [4.69, 9.17) is 0 Å². The summed E-state index contributed by atoms with van der Waals surface area (Å²) in [5.41, 5.74) is 2.13. The maximum atomic E-state index is 12.1. The van der Waals surface area contributed by atoms with E-state index in [1.165, 1.54) is 5.56 Å². The summed E-state index contributed by atoms with van der Waals surface area (Å²) in [5.74, 6) is 0.925. The number of carbonyl (C=O) groups is 1. The molecule has 1 aliphatic rings. The average molecular weight is 403 g/mol. The van der Waals surface area contributed by atoms with Gasteiger partial charge in [-0.05, 0) is 73.8 Å². The molecule has 2 aromatic carbocycles. The minimum absolute atomic E-state index is 0.0583. The van der Waals surface area contributed by atoms with Crippen LogP contribution >= 0.6 is 15.9 Å². The van der Waals surface area contributed by atoms with Crippen LogP contribution in [0.4, 0.5) is 5.69 Å². The molecule has 0 aromatic heterocycles. The van der Waals surface area contributed by atoms with E-state index in [-0.39, 0.29) is 5.91 Å². The SMILES string of the molecule is O=C(CCN1CCC(c2ccc(O)cc2)CC1)Nc1ccc(Br)cc1. The first-order valence-electron chi connectivity index (χ1n) is 8.67. The highest BCUT2D eigenvalue weighted by Gasteiger charge is 2.20. The second-order valence-corrected chi connectivity index (χ2v) is 7.43. The van der Waals surface area contributed by atoms with Gasteiger partial charge in [-0.15, -0.1) is 0 Å². The topological polar surface area (TPSA) is 52.6 Å². The van der Waals surface area contributed by atoms with Gasteiger partial charge in [0.2, 0.25) is 5.91 Å². The fourth-order valence-corrected chi connectivity index (χ4v) is 3.52. The fraction of sp³-hybridized carbons (Fsp3) is 0.350. The lowest BCUT2D eigenvalue weighted by atomic mass is 9.89. The molecule has 1 aliphatic heterocycles. The molecule has 0 saturated carbocycles. The number of nitrogens with one attached hydrogen (secondary N) is 1. The first kappa shape index (κ1) is 18.0. The van der Waals surface area contributed by atoms with E-state index in [1.807, 2.05) is 36.4 Å². The molecule has 132 valence electrons. The van der Waals surface area contributed by atoms with Gasteiger partial charge in [0.25, 0.3) is 0 Å². The summed E-state index contributed by atoms with van der Waals surface area (Å²) in [5, 5.41) is 12.3. The lowest BCUT2D eigenvalue weighted by Gasteiger charge is -2.32. The molecule has 0 atom stereocenters. The Hall–Kier alpha value is -1.85. The number of benzene rings is 2. The predicted molar refractivity (Wildman–Crippen MR) is 104 cm³/mol. The third-order valence-corrected chi connectivity index (χ3v) is 5.26. The Kier molecular flexibility index (Phi) is 6.10. The third kappa shape index (κ3) is 5.31. The van der Waals surface area contributed by atoms with Crippen LogP contribution in [0, 0.1) is 0 Å². The first-order valence-corrected chi connectivity index (χ1v) is 9.46. The van der Waals surface area contributed by atoms with Gasteiger partial charge >= 0.3 is 0 Å². The molecule has 25 heavy (non-hydrogen) atoms. The van der Waals surface area contributed by atoms with E-state index in [2.05, 4.69) is 26.1 Å². The molecule has 1 heterocycles. The van der Waals surface area contributed by atoms with Crippen molar-refractivity contribution in [2.75, 3.05) is 25.0 Å². The summed E-state index contributed by atoms with van der Waals surface area (Å²) >= 11 is 3.39. The Morgan fingerprint density at radius 1 is 1.08 bits per heavy atom. The van der Waals surface area contributed by atoms with Gasteiger partial charge in [0.1, 0.15) is 5.75 Å². The number of hydrogen-bond donors (Lipinski definition) is 2. The van der Waals surface area contributed by atoms with E-state index < -0.39 is 0 Å². The van der Waals surface area contributed by atoms with Crippen molar-refractivity contribution >= 4 is 27.5 Å². The second-order valence-electron chi connectivity index (χ2n) is 6.51. The highest BCUT2D eigenvalue weighted by Crippen LogP contribution is 2.29. The number of likely N-dealkylation sites (tertiary alicyclic amines) is 1. The zero-order valence-corrected chi connectivity index (χ0v) is 15.7. The number of anilines is 1. The normalized spacial score (nSPS) is 15.9. The number of phenols is 1. The molecule has 0 aliphatic carbocycles. The van der Waals surface area contributed by atoms with Gasteiger partial charge in [0, 0.05) is 23.1 Å². The van der Waals surface area contributed by atoms with Gasteiger partial charge in [-0.25, -0.2) is 0 Å². The standard InChI is InChI=1S/C20H23BrN2O2/c21-17-3-5-18(6-4-17)22-20(25)11-14-23-12-9-16(10-13-23)15-1-7-19(24)8-2-15/h1-8,16,24H,9-14H2,(H,22,25). The number of piperidine rings is 1. The minimum atomic E-state index is 0.0583. The number of nitrogens with zero attached hydrogens (tertiary/aromatic N) is 1. The van der Waals surface area contributed by atoms with E-state index in [1.54, 1.807) is 12.1 Å². The molecule has 1 amide bonds. The van der Waals surface area contributed by atoms with Gasteiger partial charge < -0.3 is 15.3 Å².